The van der Waals surface area contributed by atoms with Crippen molar-refractivity contribution in [2.45, 2.75) is 132 Å². The summed E-state index contributed by atoms with van der Waals surface area (Å²) >= 11 is 0. The Labute approximate surface area is 302 Å². The molecule has 0 aliphatic carbocycles. The van der Waals surface area contributed by atoms with Crippen LogP contribution < -0.4 is 35.3 Å². The summed E-state index contributed by atoms with van der Waals surface area (Å²) in [6.07, 6.45) is 13.9. The molecule has 1 heterocycles. The monoisotopic (exact) mass is 642 g/mol. The van der Waals surface area contributed by atoms with Gasteiger partial charge < -0.3 is 17.4 Å². The predicted octanol–water partition coefficient (Wildman–Crippen LogP) is 5.32. The van der Waals surface area contributed by atoms with Crippen LogP contribution in [0, 0.1) is 23.7 Å². The maximum absolute atomic E-state index is 12.1. The predicted molar refractivity (Wildman–Crippen MR) is 187 cm³/mol. The zero-order chi connectivity index (χ0) is 33.2. The van der Waals surface area contributed by atoms with Gasteiger partial charge in [-0.05, 0) is 62.1 Å². The summed E-state index contributed by atoms with van der Waals surface area (Å²) in [5, 5.41) is 17.0. The first-order chi connectivity index (χ1) is 20.4. The first-order valence-electron chi connectivity index (χ1n) is 16.9. The number of fused-ring (bicyclic) bond motifs is 1. The van der Waals surface area contributed by atoms with Crippen LogP contribution in [0.3, 0.4) is 0 Å². The van der Waals surface area contributed by atoms with E-state index in [0.717, 1.165) is 51.0 Å². The van der Waals surface area contributed by atoms with E-state index in [-0.39, 0.29) is 57.1 Å². The standard InChI is InChI=1S/C15H19NO2.C7H17N.C7H14O2.C7H16O.B.Na.H/c1-3-4-7-11(2)10-16-14(17)12-8-5-6-9-13(12)15(16)18;1-3-4-5-7(2)6-8;1-3-4-5-6(2)7(8)9;1-3-4-5-7(2)6-8;;;/h5-6,8-9,11H,3-4,7,10H2,1-2H3;7H,3-6,8H2,1-2H3;6H,3-5H2,1-2H3,(H,8,9);7-8H,3-6H2,1-2H3;;;/q;;;;;+1;-1/t11-;7-;6-;7-;;;/m0000.../s1. The van der Waals surface area contributed by atoms with E-state index < -0.39 is 5.97 Å². The second-order valence-electron chi connectivity index (χ2n) is 12.3. The summed E-state index contributed by atoms with van der Waals surface area (Å²) in [7, 11) is 0. The van der Waals surface area contributed by atoms with Crippen molar-refractivity contribution in [3.63, 3.8) is 0 Å². The number of rotatable bonds is 17. The van der Waals surface area contributed by atoms with Crippen molar-refractivity contribution in [3.8, 4) is 0 Å². The van der Waals surface area contributed by atoms with E-state index in [1.807, 2.05) is 0 Å². The van der Waals surface area contributed by atoms with Crippen LogP contribution in [0.15, 0.2) is 24.3 Å². The summed E-state index contributed by atoms with van der Waals surface area (Å²) in [5.41, 5.74) is 6.51. The fourth-order valence-electron chi connectivity index (χ4n) is 4.31. The molecule has 0 aromatic heterocycles. The van der Waals surface area contributed by atoms with Crippen LogP contribution in [0.1, 0.15) is 155 Å². The van der Waals surface area contributed by atoms with Gasteiger partial charge in [0.2, 0.25) is 0 Å². The molecule has 1 aromatic carbocycles. The summed E-state index contributed by atoms with van der Waals surface area (Å²) < 4.78 is 0. The molecule has 0 bridgehead atoms. The number of aliphatic hydroxyl groups excluding tert-OH is 1. The zero-order valence-electron chi connectivity index (χ0n) is 31.4. The fourth-order valence-corrected chi connectivity index (χ4v) is 4.31. The smallest absolute Gasteiger partial charge is 1.00 e. The van der Waals surface area contributed by atoms with E-state index in [2.05, 4.69) is 48.5 Å². The van der Waals surface area contributed by atoms with Crippen LogP contribution in [-0.4, -0.2) is 61.0 Å². The molecular weight excluding hydrogens is 574 g/mol. The number of unbranched alkanes of at least 4 members (excludes halogenated alkanes) is 4. The number of hydrogen-bond acceptors (Lipinski definition) is 5. The van der Waals surface area contributed by atoms with E-state index >= 15 is 0 Å². The largest absolute Gasteiger partial charge is 1.00 e. The zero-order valence-corrected chi connectivity index (χ0v) is 32.4. The molecular formula is C36H67BN2NaO5. The Balaban J connectivity index is -0.000000173. The Morgan fingerprint density at radius 3 is 1.49 bits per heavy atom. The van der Waals surface area contributed by atoms with Crippen molar-refractivity contribution >= 4 is 26.2 Å². The van der Waals surface area contributed by atoms with Crippen LogP contribution in [0.4, 0.5) is 0 Å². The average Bonchev–Trinajstić information content (AvgIpc) is 3.25. The number of amides is 2. The van der Waals surface area contributed by atoms with E-state index in [0.29, 0.717) is 36.1 Å². The molecule has 4 atom stereocenters. The molecule has 255 valence electrons. The topological polar surface area (TPSA) is 121 Å². The minimum Gasteiger partial charge on any atom is -1.00 e. The molecule has 7 nitrogen and oxygen atoms in total. The maximum atomic E-state index is 12.1. The molecule has 4 N–H and O–H groups in total. The first-order valence-corrected chi connectivity index (χ1v) is 16.9. The van der Waals surface area contributed by atoms with Gasteiger partial charge in [0, 0.05) is 21.6 Å². The van der Waals surface area contributed by atoms with Gasteiger partial charge in [0.15, 0.2) is 0 Å². The number of benzene rings is 1. The molecule has 2 amide bonds. The van der Waals surface area contributed by atoms with E-state index in [4.69, 9.17) is 15.9 Å². The molecule has 0 fully saturated rings. The van der Waals surface area contributed by atoms with Gasteiger partial charge in [0.05, 0.1) is 17.0 Å². The Morgan fingerprint density at radius 1 is 0.756 bits per heavy atom. The molecule has 45 heavy (non-hydrogen) atoms. The second kappa shape index (κ2) is 32.7. The molecule has 0 saturated carbocycles. The number of carboxylic acid groups (broad SMARTS) is 1. The van der Waals surface area contributed by atoms with Crippen molar-refractivity contribution in [2.24, 2.45) is 29.4 Å². The third kappa shape index (κ3) is 24.6. The number of aliphatic hydroxyl groups is 1. The maximum Gasteiger partial charge on any atom is 1.00 e. The number of hydrogen-bond donors (Lipinski definition) is 3. The molecule has 1 aliphatic rings. The molecule has 3 radical (unpaired) electrons. The number of aliphatic carboxylic acids is 1. The second-order valence-corrected chi connectivity index (χ2v) is 12.3. The van der Waals surface area contributed by atoms with Crippen LogP contribution in [0.5, 0.6) is 0 Å². The molecule has 1 aliphatic heterocycles. The molecule has 9 heteroatoms. The summed E-state index contributed by atoms with van der Waals surface area (Å²) in [5.74, 6) is 0.489. The van der Waals surface area contributed by atoms with Crippen molar-refractivity contribution < 1.29 is 55.6 Å². The van der Waals surface area contributed by atoms with Crippen LogP contribution in [0.25, 0.3) is 0 Å². The van der Waals surface area contributed by atoms with Crippen LogP contribution in [-0.2, 0) is 4.79 Å². The minimum atomic E-state index is -0.677. The Bertz CT molecular complexity index is 832. The number of nitrogens with two attached hydrogens (primary N) is 1. The van der Waals surface area contributed by atoms with Gasteiger partial charge in [-0.1, -0.05) is 119 Å². The van der Waals surface area contributed by atoms with Gasteiger partial charge in [0.25, 0.3) is 11.8 Å². The normalized spacial score (nSPS) is 14.0. The number of carbonyl (C=O) groups is 3. The quantitative estimate of drug-likeness (QED) is 0.157. The van der Waals surface area contributed by atoms with Crippen molar-refractivity contribution in [1.29, 1.82) is 0 Å². The third-order valence-corrected chi connectivity index (χ3v) is 7.65. The fraction of sp³-hybridized carbons (Fsp3) is 0.750. The van der Waals surface area contributed by atoms with Gasteiger partial charge in [-0.15, -0.1) is 0 Å². The van der Waals surface area contributed by atoms with Crippen molar-refractivity contribution in [3.05, 3.63) is 35.4 Å². The van der Waals surface area contributed by atoms with Crippen LogP contribution in [0.2, 0.25) is 0 Å². The number of carboxylic acids is 1. The van der Waals surface area contributed by atoms with Crippen molar-refractivity contribution in [2.75, 3.05) is 19.7 Å². The Hall–Kier alpha value is -1.19. The van der Waals surface area contributed by atoms with Gasteiger partial charge in [-0.2, -0.15) is 0 Å². The molecule has 2 rings (SSSR count). The Kier molecular flexibility index (Phi) is 36.9. The summed E-state index contributed by atoms with van der Waals surface area (Å²) in [4.78, 5) is 35.8. The summed E-state index contributed by atoms with van der Waals surface area (Å²) in [6, 6.07) is 7.06. The average molecular weight is 642 g/mol. The molecule has 1 aromatic rings. The summed E-state index contributed by atoms with van der Waals surface area (Å²) in [6.45, 7) is 18.4. The molecule has 0 saturated heterocycles. The SMILES string of the molecule is CCCC[C@H](C)C(=O)O.CCCC[C@H](C)CN.CCCC[C@H](C)CN1C(=O)c2ccccc2C1=O.CCCC[C@H](C)CO.[B].[H-].[Na+]. The van der Waals surface area contributed by atoms with E-state index in [9.17, 15) is 14.4 Å². The van der Waals surface area contributed by atoms with Gasteiger partial charge in [-0.25, -0.2) is 0 Å². The van der Waals surface area contributed by atoms with Gasteiger partial charge in [-0.3, -0.25) is 19.3 Å². The van der Waals surface area contributed by atoms with Crippen LogP contribution >= 0.6 is 0 Å². The minimum absolute atomic E-state index is 0. The molecule has 0 spiro atoms. The Morgan fingerprint density at radius 2 is 1.13 bits per heavy atom. The number of imide groups is 1. The van der Waals surface area contributed by atoms with E-state index in [1.165, 1.54) is 43.4 Å². The number of carbonyl (C=O) groups excluding carboxylic acids is 2. The third-order valence-electron chi connectivity index (χ3n) is 7.65. The first kappa shape index (κ1) is 50.7. The molecule has 0 unspecified atom stereocenters. The number of nitrogens with zero attached hydrogens (tertiary/aromatic N) is 1. The van der Waals surface area contributed by atoms with Gasteiger partial charge in [0.1, 0.15) is 0 Å². The van der Waals surface area contributed by atoms with E-state index in [1.54, 1.807) is 31.2 Å². The van der Waals surface area contributed by atoms with Crippen molar-refractivity contribution in [1.82, 2.24) is 4.90 Å². The van der Waals surface area contributed by atoms with Gasteiger partial charge >= 0.3 is 35.5 Å².